The first-order chi connectivity index (χ1) is 8.99. The van der Waals surface area contributed by atoms with Gasteiger partial charge < -0.3 is 4.74 Å². The van der Waals surface area contributed by atoms with E-state index in [2.05, 4.69) is 0 Å². The Morgan fingerprint density at radius 3 is 2.26 bits per heavy atom. The highest BCUT2D eigenvalue weighted by Gasteiger charge is 2.17. The van der Waals surface area contributed by atoms with Gasteiger partial charge in [-0.2, -0.15) is 0 Å². The number of hydrogen-bond donors (Lipinski definition) is 0. The van der Waals surface area contributed by atoms with Crippen LogP contribution in [0.25, 0.3) is 0 Å². The number of aryl methyl sites for hydroxylation is 2. The van der Waals surface area contributed by atoms with Crippen molar-refractivity contribution in [3.8, 4) is 0 Å². The Bertz CT molecular complexity index is 459. The maximum absolute atomic E-state index is 11.9. The smallest absolute Gasteiger partial charge is 0.309 e. The summed E-state index contributed by atoms with van der Waals surface area (Å²) in [7, 11) is 0. The molecule has 0 saturated carbocycles. The van der Waals surface area contributed by atoms with E-state index >= 15 is 0 Å². The normalized spacial score (nSPS) is 10.6. The summed E-state index contributed by atoms with van der Waals surface area (Å²) >= 11 is 0. The van der Waals surface area contributed by atoms with Crippen LogP contribution in [0.2, 0.25) is 0 Å². The van der Waals surface area contributed by atoms with Crippen LogP contribution in [-0.2, 0) is 9.53 Å². The first-order valence-electron chi connectivity index (χ1n) is 6.76. The van der Waals surface area contributed by atoms with Gasteiger partial charge in [-0.3, -0.25) is 9.59 Å². The van der Waals surface area contributed by atoms with Crippen LogP contribution in [0.4, 0.5) is 0 Å². The molecule has 19 heavy (non-hydrogen) atoms. The van der Waals surface area contributed by atoms with Gasteiger partial charge in [-0.1, -0.05) is 26.0 Å². The molecule has 0 aliphatic carbocycles. The van der Waals surface area contributed by atoms with Gasteiger partial charge >= 0.3 is 5.97 Å². The highest BCUT2D eigenvalue weighted by molar-refractivity contribution is 5.98. The van der Waals surface area contributed by atoms with Crippen LogP contribution in [0.5, 0.6) is 0 Å². The minimum Gasteiger partial charge on any atom is -0.457 e. The topological polar surface area (TPSA) is 43.4 Å². The minimum atomic E-state index is -0.276. The number of rotatable bonds is 6. The third-order valence-corrected chi connectivity index (χ3v) is 3.49. The zero-order valence-electron chi connectivity index (χ0n) is 12.2. The molecule has 0 spiro atoms. The van der Waals surface area contributed by atoms with Gasteiger partial charge in [-0.25, -0.2) is 0 Å². The van der Waals surface area contributed by atoms with Crippen LogP contribution >= 0.6 is 0 Å². The van der Waals surface area contributed by atoms with Crippen molar-refractivity contribution in [2.75, 3.05) is 6.61 Å². The molecule has 0 radical (unpaired) electrons. The van der Waals surface area contributed by atoms with Gasteiger partial charge in [0.05, 0.1) is 5.92 Å². The lowest BCUT2D eigenvalue weighted by atomic mass is 10.0. The maximum atomic E-state index is 11.9. The summed E-state index contributed by atoms with van der Waals surface area (Å²) in [6.45, 7) is 7.68. The molecular weight excluding hydrogens is 240 g/mol. The van der Waals surface area contributed by atoms with E-state index in [4.69, 9.17) is 4.74 Å². The van der Waals surface area contributed by atoms with Gasteiger partial charge in [0.2, 0.25) is 0 Å². The summed E-state index contributed by atoms with van der Waals surface area (Å²) in [5.74, 6) is -0.530. The Morgan fingerprint density at radius 2 is 1.74 bits per heavy atom. The molecule has 0 N–H and O–H groups in total. The van der Waals surface area contributed by atoms with Crippen molar-refractivity contribution in [2.24, 2.45) is 5.92 Å². The van der Waals surface area contributed by atoms with Crippen LogP contribution in [0.15, 0.2) is 18.2 Å². The quantitative estimate of drug-likeness (QED) is 0.582. The summed E-state index contributed by atoms with van der Waals surface area (Å²) in [5.41, 5.74) is 2.81. The third kappa shape index (κ3) is 4.19. The van der Waals surface area contributed by atoms with E-state index in [1.54, 1.807) is 6.07 Å². The van der Waals surface area contributed by atoms with Crippen LogP contribution in [0, 0.1) is 19.8 Å². The van der Waals surface area contributed by atoms with Gasteiger partial charge in [0, 0.05) is 5.56 Å². The Morgan fingerprint density at radius 1 is 1.11 bits per heavy atom. The van der Waals surface area contributed by atoms with Crippen molar-refractivity contribution in [1.29, 1.82) is 0 Å². The number of benzene rings is 1. The Balaban J connectivity index is 2.60. The van der Waals surface area contributed by atoms with Crippen molar-refractivity contribution in [3.05, 3.63) is 34.9 Å². The fraction of sp³-hybridized carbons (Fsp3) is 0.500. The molecule has 0 atom stereocenters. The van der Waals surface area contributed by atoms with E-state index in [1.165, 1.54) is 0 Å². The number of ether oxygens (including phenoxy) is 1. The molecular formula is C16H22O3. The molecule has 0 fully saturated rings. The van der Waals surface area contributed by atoms with Crippen molar-refractivity contribution < 1.29 is 14.3 Å². The van der Waals surface area contributed by atoms with Crippen molar-refractivity contribution in [2.45, 2.75) is 40.5 Å². The van der Waals surface area contributed by atoms with Gasteiger partial charge in [-0.05, 0) is 43.9 Å². The summed E-state index contributed by atoms with van der Waals surface area (Å²) < 4.78 is 5.08. The Labute approximate surface area is 115 Å². The number of esters is 1. The fourth-order valence-corrected chi connectivity index (χ4v) is 1.87. The van der Waals surface area contributed by atoms with Crippen molar-refractivity contribution in [3.63, 3.8) is 0 Å². The van der Waals surface area contributed by atoms with Crippen LogP contribution in [0.1, 0.15) is 48.2 Å². The monoisotopic (exact) mass is 262 g/mol. The molecule has 1 rings (SSSR count). The van der Waals surface area contributed by atoms with Gasteiger partial charge in [0.15, 0.2) is 12.4 Å². The van der Waals surface area contributed by atoms with Crippen LogP contribution in [-0.4, -0.2) is 18.4 Å². The molecule has 0 heterocycles. The zero-order valence-corrected chi connectivity index (χ0v) is 12.2. The lowest BCUT2D eigenvalue weighted by Crippen LogP contribution is -2.20. The highest BCUT2D eigenvalue weighted by atomic mass is 16.5. The Kier molecular flexibility index (Phi) is 5.74. The molecule has 3 heteroatoms. The molecule has 0 unspecified atom stereocenters. The van der Waals surface area contributed by atoms with E-state index in [1.807, 2.05) is 39.8 Å². The molecule has 1 aromatic rings. The summed E-state index contributed by atoms with van der Waals surface area (Å²) in [4.78, 5) is 23.6. The standard InChI is InChI=1S/C16H22O3/c1-5-13(6-2)16(18)19-10-15(17)14-8-7-11(3)12(4)9-14/h7-9,13H,5-6,10H2,1-4H3. The number of ketones is 1. The van der Waals surface area contributed by atoms with Crippen molar-refractivity contribution in [1.82, 2.24) is 0 Å². The minimum absolute atomic E-state index is 0.104. The largest absolute Gasteiger partial charge is 0.457 e. The number of carbonyl (C=O) groups excluding carboxylic acids is 2. The second-order valence-corrected chi connectivity index (χ2v) is 4.84. The second-order valence-electron chi connectivity index (χ2n) is 4.84. The van der Waals surface area contributed by atoms with Gasteiger partial charge in [0.25, 0.3) is 0 Å². The predicted molar refractivity (Wildman–Crippen MR) is 75.3 cm³/mol. The third-order valence-electron chi connectivity index (χ3n) is 3.49. The van der Waals surface area contributed by atoms with E-state index in [0.29, 0.717) is 5.56 Å². The van der Waals surface area contributed by atoms with Crippen LogP contribution < -0.4 is 0 Å². The Hall–Kier alpha value is -1.64. The summed E-state index contributed by atoms with van der Waals surface area (Å²) in [6, 6.07) is 5.52. The summed E-state index contributed by atoms with van der Waals surface area (Å²) in [5, 5.41) is 0. The van der Waals surface area contributed by atoms with Crippen molar-refractivity contribution >= 4 is 11.8 Å². The second kappa shape index (κ2) is 7.07. The first-order valence-corrected chi connectivity index (χ1v) is 6.76. The average Bonchev–Trinajstić information content (AvgIpc) is 2.40. The number of Topliss-reactive ketones (excluding diaryl/α,β-unsaturated/α-hetero) is 1. The predicted octanol–water partition coefficient (Wildman–Crippen LogP) is 3.47. The molecule has 0 amide bonds. The van der Waals surface area contributed by atoms with E-state index in [0.717, 1.165) is 24.0 Å². The number of carbonyl (C=O) groups is 2. The SMILES string of the molecule is CCC(CC)C(=O)OCC(=O)c1ccc(C)c(C)c1. The summed E-state index contributed by atoms with van der Waals surface area (Å²) in [6.07, 6.45) is 1.49. The lowest BCUT2D eigenvalue weighted by molar-refractivity contribution is -0.147. The van der Waals surface area contributed by atoms with E-state index in [-0.39, 0.29) is 24.3 Å². The maximum Gasteiger partial charge on any atom is 0.309 e. The molecule has 0 aromatic heterocycles. The fourth-order valence-electron chi connectivity index (χ4n) is 1.87. The highest BCUT2D eigenvalue weighted by Crippen LogP contribution is 2.12. The van der Waals surface area contributed by atoms with E-state index in [9.17, 15) is 9.59 Å². The molecule has 0 saturated heterocycles. The molecule has 0 bridgehead atoms. The van der Waals surface area contributed by atoms with Gasteiger partial charge in [-0.15, -0.1) is 0 Å². The lowest BCUT2D eigenvalue weighted by Gasteiger charge is -2.11. The zero-order chi connectivity index (χ0) is 14.4. The molecule has 0 aliphatic heterocycles. The molecule has 0 aliphatic rings. The number of hydrogen-bond acceptors (Lipinski definition) is 3. The van der Waals surface area contributed by atoms with Crippen LogP contribution in [0.3, 0.4) is 0 Å². The van der Waals surface area contributed by atoms with E-state index < -0.39 is 0 Å². The molecule has 104 valence electrons. The average molecular weight is 262 g/mol. The van der Waals surface area contributed by atoms with Gasteiger partial charge in [0.1, 0.15) is 0 Å². The molecule has 3 nitrogen and oxygen atoms in total. The first kappa shape index (κ1) is 15.4. The molecule has 1 aromatic carbocycles.